The molecular weight excluding hydrogens is 338 g/mol. The Morgan fingerprint density at radius 2 is 2.08 bits per heavy atom. The van der Waals surface area contributed by atoms with Gasteiger partial charge in [-0.25, -0.2) is 17.9 Å². The van der Waals surface area contributed by atoms with Crippen LogP contribution in [0, 0.1) is 6.92 Å². The van der Waals surface area contributed by atoms with Gasteiger partial charge in [0.1, 0.15) is 4.90 Å². The second-order valence-corrected chi connectivity index (χ2v) is 8.13. The van der Waals surface area contributed by atoms with Crippen LogP contribution >= 0.6 is 0 Å². The highest BCUT2D eigenvalue weighted by atomic mass is 32.2. The number of nitrogens with zero attached hydrogens (tertiary/aromatic N) is 5. The van der Waals surface area contributed by atoms with Crippen LogP contribution in [0.1, 0.15) is 36.7 Å². The lowest BCUT2D eigenvalue weighted by Gasteiger charge is -2.34. The molecule has 1 aliphatic rings. The third-order valence-electron chi connectivity index (χ3n) is 4.59. The quantitative estimate of drug-likeness (QED) is 0.719. The molecule has 0 radical (unpaired) electrons. The van der Waals surface area contributed by atoms with Crippen molar-refractivity contribution < 1.29 is 8.42 Å². The Morgan fingerprint density at radius 3 is 2.88 bits per heavy atom. The molecule has 3 aromatic heterocycles. The Balaban J connectivity index is 1.78. The number of hydrogen-bond donors (Lipinski definition) is 0. The van der Waals surface area contributed by atoms with Gasteiger partial charge in [0.25, 0.3) is 0 Å². The van der Waals surface area contributed by atoms with Crippen LogP contribution in [0.5, 0.6) is 0 Å². The molecule has 0 amide bonds. The molecule has 0 saturated carbocycles. The first-order valence-electron chi connectivity index (χ1n) is 8.30. The van der Waals surface area contributed by atoms with Gasteiger partial charge in [-0.15, -0.1) is 0 Å². The summed E-state index contributed by atoms with van der Waals surface area (Å²) in [5, 5.41) is 4.23. The maximum absolute atomic E-state index is 13.1. The summed E-state index contributed by atoms with van der Waals surface area (Å²) in [5.41, 5.74) is 2.45. The first kappa shape index (κ1) is 16.2. The van der Waals surface area contributed by atoms with Crippen molar-refractivity contribution in [2.75, 3.05) is 6.54 Å². The van der Waals surface area contributed by atoms with Gasteiger partial charge in [0, 0.05) is 30.7 Å². The number of rotatable bonds is 3. The van der Waals surface area contributed by atoms with Gasteiger partial charge < -0.3 is 0 Å². The topological polar surface area (TPSA) is 80.5 Å². The minimum Gasteiger partial charge on any atom is -0.263 e. The molecule has 0 bridgehead atoms. The molecule has 1 saturated heterocycles. The molecule has 0 aliphatic carbocycles. The van der Waals surface area contributed by atoms with E-state index < -0.39 is 10.0 Å². The highest BCUT2D eigenvalue weighted by molar-refractivity contribution is 7.89. The lowest BCUT2D eigenvalue weighted by Crippen LogP contribution is -2.39. The molecule has 8 heteroatoms. The maximum atomic E-state index is 13.1. The summed E-state index contributed by atoms with van der Waals surface area (Å²) in [5.74, 6) is 0. The molecule has 0 aromatic carbocycles. The summed E-state index contributed by atoms with van der Waals surface area (Å²) in [6.07, 6.45) is 7.27. The molecule has 1 atom stereocenters. The summed E-state index contributed by atoms with van der Waals surface area (Å²) in [4.78, 5) is 8.84. The lowest BCUT2D eigenvalue weighted by atomic mass is 10.0. The van der Waals surface area contributed by atoms with Crippen molar-refractivity contribution >= 4 is 15.7 Å². The van der Waals surface area contributed by atoms with Gasteiger partial charge in [0.05, 0.1) is 17.9 Å². The summed E-state index contributed by atoms with van der Waals surface area (Å²) < 4.78 is 29.5. The standard InChI is InChI=1S/C17H19N5O2S/c1-13-11-15(20-17-7-9-19-22(13)17)16-6-2-3-10-21(16)25(23,24)14-5-4-8-18-12-14/h4-5,7-9,11-12,16H,2-3,6,10H2,1H3. The summed E-state index contributed by atoms with van der Waals surface area (Å²) in [6, 6.07) is 6.73. The third kappa shape index (κ3) is 2.81. The Hall–Kier alpha value is -2.32. The van der Waals surface area contributed by atoms with Crippen LogP contribution in [0.2, 0.25) is 0 Å². The number of sulfonamides is 1. The molecule has 1 unspecified atom stereocenters. The van der Waals surface area contributed by atoms with E-state index in [0.29, 0.717) is 6.54 Å². The molecule has 4 heterocycles. The van der Waals surface area contributed by atoms with Gasteiger partial charge in [-0.2, -0.15) is 9.40 Å². The van der Waals surface area contributed by atoms with Gasteiger partial charge in [0.15, 0.2) is 5.65 Å². The highest BCUT2D eigenvalue weighted by Gasteiger charge is 2.35. The zero-order valence-corrected chi connectivity index (χ0v) is 14.7. The van der Waals surface area contributed by atoms with Crippen LogP contribution < -0.4 is 0 Å². The third-order valence-corrected chi connectivity index (χ3v) is 6.49. The Kier molecular flexibility index (Phi) is 4.01. The van der Waals surface area contributed by atoms with Gasteiger partial charge in [-0.05, 0) is 38.0 Å². The Morgan fingerprint density at radius 1 is 1.20 bits per heavy atom. The van der Waals surface area contributed by atoms with Crippen LogP contribution in [-0.2, 0) is 10.0 Å². The van der Waals surface area contributed by atoms with Crippen molar-refractivity contribution in [1.29, 1.82) is 0 Å². The monoisotopic (exact) mass is 357 g/mol. The normalized spacial score (nSPS) is 19.3. The maximum Gasteiger partial charge on any atom is 0.245 e. The fourth-order valence-electron chi connectivity index (χ4n) is 3.39. The van der Waals surface area contributed by atoms with E-state index in [4.69, 9.17) is 0 Å². The Labute approximate surface area is 146 Å². The van der Waals surface area contributed by atoms with Crippen molar-refractivity contribution in [3.63, 3.8) is 0 Å². The first-order valence-corrected chi connectivity index (χ1v) is 9.74. The predicted octanol–water partition coefficient (Wildman–Crippen LogP) is 2.35. The number of aromatic nitrogens is 4. The largest absolute Gasteiger partial charge is 0.263 e. The molecular formula is C17H19N5O2S. The number of pyridine rings is 1. The predicted molar refractivity (Wildman–Crippen MR) is 92.4 cm³/mol. The van der Waals surface area contributed by atoms with Crippen molar-refractivity contribution in [2.45, 2.75) is 37.1 Å². The lowest BCUT2D eigenvalue weighted by molar-refractivity contribution is 0.251. The molecule has 7 nitrogen and oxygen atoms in total. The van der Waals surface area contributed by atoms with Crippen LogP contribution in [0.3, 0.4) is 0 Å². The van der Waals surface area contributed by atoms with Crippen LogP contribution in [0.25, 0.3) is 5.65 Å². The molecule has 25 heavy (non-hydrogen) atoms. The number of piperidine rings is 1. The zero-order chi connectivity index (χ0) is 17.4. The average Bonchev–Trinajstić information content (AvgIpc) is 3.12. The summed E-state index contributed by atoms with van der Waals surface area (Å²) >= 11 is 0. The van der Waals surface area contributed by atoms with Crippen molar-refractivity contribution in [2.24, 2.45) is 0 Å². The highest BCUT2D eigenvalue weighted by Crippen LogP contribution is 2.34. The SMILES string of the molecule is Cc1cc(C2CCCCN2S(=O)(=O)c2cccnc2)nc2ccnn12. The smallest absolute Gasteiger partial charge is 0.245 e. The van der Waals surface area contributed by atoms with Crippen LogP contribution in [0.15, 0.2) is 47.8 Å². The first-order chi connectivity index (χ1) is 12.1. The van der Waals surface area contributed by atoms with Gasteiger partial charge in [-0.3, -0.25) is 4.98 Å². The number of aryl methyl sites for hydroxylation is 1. The molecule has 0 spiro atoms. The van der Waals surface area contributed by atoms with Crippen molar-refractivity contribution in [3.8, 4) is 0 Å². The van der Waals surface area contributed by atoms with Gasteiger partial charge in [-0.1, -0.05) is 6.42 Å². The van der Waals surface area contributed by atoms with E-state index in [0.717, 1.165) is 36.3 Å². The summed E-state index contributed by atoms with van der Waals surface area (Å²) in [6.45, 7) is 2.45. The fraction of sp³-hybridized carbons (Fsp3) is 0.353. The zero-order valence-electron chi connectivity index (χ0n) is 13.9. The summed E-state index contributed by atoms with van der Waals surface area (Å²) in [7, 11) is -3.60. The van der Waals surface area contributed by atoms with E-state index in [-0.39, 0.29) is 10.9 Å². The average molecular weight is 357 g/mol. The van der Waals surface area contributed by atoms with E-state index in [1.165, 1.54) is 6.20 Å². The molecule has 0 N–H and O–H groups in total. The molecule has 3 aromatic rings. The van der Waals surface area contributed by atoms with E-state index >= 15 is 0 Å². The van der Waals surface area contributed by atoms with E-state index in [9.17, 15) is 8.42 Å². The van der Waals surface area contributed by atoms with E-state index in [1.54, 1.807) is 33.3 Å². The van der Waals surface area contributed by atoms with Gasteiger partial charge in [0.2, 0.25) is 10.0 Å². The number of fused-ring (bicyclic) bond motifs is 1. The minimum atomic E-state index is -3.60. The van der Waals surface area contributed by atoms with E-state index in [2.05, 4.69) is 15.1 Å². The molecule has 1 fully saturated rings. The second kappa shape index (κ2) is 6.20. The van der Waals surface area contributed by atoms with E-state index in [1.807, 2.05) is 19.1 Å². The second-order valence-electron chi connectivity index (χ2n) is 6.24. The van der Waals surface area contributed by atoms with Crippen molar-refractivity contribution in [3.05, 3.63) is 54.2 Å². The van der Waals surface area contributed by atoms with Gasteiger partial charge >= 0.3 is 0 Å². The fourth-order valence-corrected chi connectivity index (χ4v) is 5.02. The number of hydrogen-bond acceptors (Lipinski definition) is 5. The van der Waals surface area contributed by atoms with Crippen LogP contribution in [-0.4, -0.2) is 38.8 Å². The van der Waals surface area contributed by atoms with Crippen LogP contribution in [0.4, 0.5) is 0 Å². The molecule has 130 valence electrons. The minimum absolute atomic E-state index is 0.226. The molecule has 4 rings (SSSR count). The van der Waals surface area contributed by atoms with Crippen molar-refractivity contribution in [1.82, 2.24) is 23.9 Å². The Bertz CT molecular complexity index is 1000. The molecule has 1 aliphatic heterocycles.